The molecule has 0 aromatic heterocycles. The van der Waals surface area contributed by atoms with Crippen molar-refractivity contribution in [1.82, 2.24) is 0 Å². The zero-order valence-corrected chi connectivity index (χ0v) is 10.6. The first kappa shape index (κ1) is 18.8. The van der Waals surface area contributed by atoms with E-state index in [1.54, 1.807) is 0 Å². The van der Waals surface area contributed by atoms with Crippen molar-refractivity contribution in [2.24, 2.45) is 0 Å². The molecule has 0 atom stereocenters. The molecule has 0 amide bonds. The van der Waals surface area contributed by atoms with Gasteiger partial charge in [-0.05, 0) is 13.8 Å². The molecule has 0 rings (SSSR count). The zero-order valence-electron chi connectivity index (χ0n) is 8.98. The van der Waals surface area contributed by atoms with Gasteiger partial charge in [-0.25, -0.2) is 0 Å². The molecule has 0 aliphatic carbocycles. The molecule has 0 aliphatic heterocycles. The second-order valence-electron chi connectivity index (χ2n) is 2.93. The summed E-state index contributed by atoms with van der Waals surface area (Å²) in [5, 5.41) is 0. The first-order valence-electron chi connectivity index (χ1n) is 4.53. The molecule has 0 bridgehead atoms. The van der Waals surface area contributed by atoms with Crippen molar-refractivity contribution in [2.75, 3.05) is 0 Å². The third-order valence-electron chi connectivity index (χ3n) is 1.20. The van der Waals surface area contributed by atoms with E-state index in [0.29, 0.717) is 0 Å². The van der Waals surface area contributed by atoms with Crippen molar-refractivity contribution in [3.63, 3.8) is 0 Å². The Kier molecular flexibility index (Phi) is 21.3. The summed E-state index contributed by atoms with van der Waals surface area (Å²) in [4.78, 5) is 20.1. The minimum Gasteiger partial charge on any atom is -0.300 e. The van der Waals surface area contributed by atoms with E-state index < -0.39 is 0 Å². The van der Waals surface area contributed by atoms with Gasteiger partial charge in [0.15, 0.2) is 0 Å². The van der Waals surface area contributed by atoms with E-state index in [-0.39, 0.29) is 37.5 Å². The molecule has 13 heavy (non-hydrogen) atoms. The van der Waals surface area contributed by atoms with Gasteiger partial charge in [-0.1, -0.05) is 13.2 Å². The number of rotatable bonds is 4. The average Bonchev–Trinajstić information content (AvgIpc) is 1.87. The molecule has 0 N–H and O–H groups in total. The van der Waals surface area contributed by atoms with Crippen molar-refractivity contribution < 1.29 is 29.1 Å². The van der Waals surface area contributed by atoms with E-state index in [9.17, 15) is 9.59 Å². The van der Waals surface area contributed by atoms with Crippen molar-refractivity contribution in [3.05, 3.63) is 0 Å². The Morgan fingerprint density at radius 1 is 1.23 bits per heavy atom. The van der Waals surface area contributed by atoms with E-state index in [1.807, 2.05) is 0 Å². The third kappa shape index (κ3) is 33.1. The number of carbonyl (C=O) groups is 2. The molecule has 0 heterocycles. The fraction of sp³-hybridized carbons (Fsp3) is 0.714. The molecule has 0 saturated carbocycles. The summed E-state index contributed by atoms with van der Waals surface area (Å²) >= 11 is 0. The average molecular weight is 269 g/mol. The smallest absolute Gasteiger partial charge is 0.137 e. The molecule has 0 aromatic carbocycles. The normalized spacial score (nSPS) is 7.00. The Morgan fingerprint density at radius 3 is 1.62 bits per heavy atom. The number of hydrogen-bond donors (Lipinski definition) is 0. The van der Waals surface area contributed by atoms with E-state index >= 15 is 0 Å². The van der Waals surface area contributed by atoms with E-state index in [1.165, 1.54) is 34.4 Å². The molecular weight excluding hydrogens is 251 g/mol. The Bertz CT molecular complexity index is 128. The van der Waals surface area contributed by atoms with Crippen LogP contribution in [0.5, 0.6) is 0 Å². The monoisotopic (exact) mass is 269 g/mol. The Morgan fingerprint density at radius 2 is 1.62 bits per heavy atom. The van der Waals surface area contributed by atoms with Crippen molar-refractivity contribution >= 4 is 33.5 Å². The van der Waals surface area contributed by atoms with Gasteiger partial charge in [0.2, 0.25) is 0 Å². The second-order valence-corrected chi connectivity index (χ2v) is 2.93. The van der Waals surface area contributed by atoms with Crippen LogP contribution in [0.1, 0.15) is 27.2 Å². The summed E-state index contributed by atoms with van der Waals surface area (Å²) in [5.74, 6) is -0.125. The van der Waals surface area contributed by atoms with Crippen LogP contribution in [0, 0.1) is 0 Å². The van der Waals surface area contributed by atoms with Crippen LogP contribution >= 0.6 is 0 Å². The second kappa shape index (κ2) is 14.7. The molecule has 75 valence electrons. The van der Waals surface area contributed by atoms with Gasteiger partial charge in [-0.3, -0.25) is 9.59 Å². The molecule has 0 saturated heterocycles. The first-order valence-corrected chi connectivity index (χ1v) is 4.53. The molecule has 0 spiro atoms. The van der Waals surface area contributed by atoms with Crippen LogP contribution in [0.25, 0.3) is 0 Å². The molecular formula is C7H17B3O2Rh. The quantitative estimate of drug-likeness (QED) is 0.500. The number of hydrogen-bond acceptors (Lipinski definition) is 2. The van der Waals surface area contributed by atoms with Gasteiger partial charge in [0.05, 0.1) is 28.4 Å². The predicted octanol–water partition coefficient (Wildman–Crippen LogP) is -0.687. The summed E-state index contributed by atoms with van der Waals surface area (Å²) in [6.45, 7) is 5.02. The molecule has 6 heteroatoms. The zero-order chi connectivity index (χ0) is 9.98. The Balaban J connectivity index is -0.000000150. The van der Waals surface area contributed by atoms with Gasteiger partial charge in [0.1, 0.15) is 11.6 Å². The third-order valence-corrected chi connectivity index (χ3v) is 1.20. The first-order chi connectivity index (χ1) is 5.54. The van der Waals surface area contributed by atoms with Crippen LogP contribution in [-0.4, -0.2) is 33.5 Å². The molecule has 0 aromatic rings. The molecule has 2 nitrogen and oxygen atoms in total. The Hall–Kier alpha value is 0.158. The number of ketones is 2. The molecule has 0 unspecified atom stereocenters. The van der Waals surface area contributed by atoms with Crippen LogP contribution in [-0.2, 0) is 29.1 Å². The maximum absolute atomic E-state index is 10.0. The summed E-state index contributed by atoms with van der Waals surface area (Å²) in [6, 6.07) is 0. The van der Waals surface area contributed by atoms with Gasteiger partial charge >= 0.3 is 0 Å². The summed E-state index contributed by atoms with van der Waals surface area (Å²) in [6.07, 6.45) is 1.43. The number of Topliss-reactive ketones (excluding diaryl/α,β-unsaturated/α-hetero) is 2. The maximum Gasteiger partial charge on any atom is 0.137 e. The summed E-state index contributed by atoms with van der Waals surface area (Å²) in [7, 11) is 4.94. The van der Waals surface area contributed by atoms with Crippen molar-refractivity contribution in [1.29, 1.82) is 0 Å². The van der Waals surface area contributed by atoms with E-state index in [2.05, 4.69) is 14.7 Å². The SMILES string of the molecule is BBBCC.CC(=O)CC(C)=O.[Rh]. The fourth-order valence-electron chi connectivity index (χ4n) is 0.704. The van der Waals surface area contributed by atoms with Crippen molar-refractivity contribution in [2.45, 2.75) is 33.5 Å². The van der Waals surface area contributed by atoms with Crippen molar-refractivity contribution in [3.8, 4) is 0 Å². The standard InChI is InChI=1S/C5H8O2.C2H9B3.Rh/c1-4(6)3-5(2)7;1-2-4-5-3;/h3H2,1-2H3;4-5H,2-3H2,1H3;. The number of carbonyl (C=O) groups excluding carboxylic acids is 2. The fourth-order valence-corrected chi connectivity index (χ4v) is 0.704. The van der Waals surface area contributed by atoms with E-state index in [0.717, 1.165) is 0 Å². The molecule has 0 aliphatic rings. The maximum atomic E-state index is 10.0. The largest absolute Gasteiger partial charge is 0.300 e. The van der Waals surface area contributed by atoms with Gasteiger partial charge in [-0.2, -0.15) is 0 Å². The minimum atomic E-state index is -0.0625. The topological polar surface area (TPSA) is 34.1 Å². The molecule has 0 fully saturated rings. The molecule has 1 radical (unpaired) electrons. The Labute approximate surface area is 96.2 Å². The van der Waals surface area contributed by atoms with Crippen LogP contribution < -0.4 is 0 Å². The minimum absolute atomic E-state index is 0. The van der Waals surface area contributed by atoms with Crippen LogP contribution in [0.15, 0.2) is 0 Å². The predicted molar refractivity (Wildman–Crippen MR) is 59.3 cm³/mol. The van der Waals surface area contributed by atoms with Crippen LogP contribution in [0.3, 0.4) is 0 Å². The van der Waals surface area contributed by atoms with E-state index in [4.69, 9.17) is 0 Å². The van der Waals surface area contributed by atoms with Gasteiger partial charge < -0.3 is 0 Å². The van der Waals surface area contributed by atoms with Gasteiger partial charge in [-0.15, -0.1) is 0 Å². The van der Waals surface area contributed by atoms with Gasteiger partial charge in [0, 0.05) is 19.5 Å². The van der Waals surface area contributed by atoms with Crippen LogP contribution in [0.2, 0.25) is 6.32 Å². The van der Waals surface area contributed by atoms with Gasteiger partial charge in [0.25, 0.3) is 0 Å². The summed E-state index contributed by atoms with van der Waals surface area (Å²) < 4.78 is 0. The summed E-state index contributed by atoms with van der Waals surface area (Å²) in [5.41, 5.74) is 0. The van der Waals surface area contributed by atoms with Crippen LogP contribution in [0.4, 0.5) is 0 Å².